The van der Waals surface area contributed by atoms with Gasteiger partial charge in [-0.2, -0.15) is 0 Å². The Morgan fingerprint density at radius 3 is 2.40 bits per heavy atom. The molecule has 0 saturated carbocycles. The molecule has 2 aromatic rings. The molecule has 9 heteroatoms. The Hall–Kier alpha value is -4.06. The zero-order valence-corrected chi connectivity index (χ0v) is 16.4. The molecule has 0 bridgehead atoms. The molecule has 4 N–H and O–H groups in total. The monoisotopic (exact) mass is 411 g/mol. The number of ether oxygens (including phenoxy) is 1. The number of benzene rings is 2. The van der Waals surface area contributed by atoms with Crippen molar-refractivity contribution in [3.8, 4) is 5.75 Å². The molecule has 0 saturated heterocycles. The first kappa shape index (κ1) is 22.2. The Balaban J connectivity index is 2.06. The third-order valence-electron chi connectivity index (χ3n) is 4.19. The number of amides is 2. The van der Waals surface area contributed by atoms with E-state index in [0.717, 1.165) is 11.8 Å². The molecule has 9 nitrogen and oxygen atoms in total. The van der Waals surface area contributed by atoms with Crippen molar-refractivity contribution in [1.29, 1.82) is 5.39 Å². The second-order valence-corrected chi connectivity index (χ2v) is 6.53. The molecule has 0 aliphatic carbocycles. The van der Waals surface area contributed by atoms with Gasteiger partial charge in [-0.1, -0.05) is 42.5 Å². The molecule has 30 heavy (non-hydrogen) atoms. The van der Waals surface area contributed by atoms with Gasteiger partial charge in [0.2, 0.25) is 17.1 Å². The fraction of sp³-hybridized carbons (Fsp3) is 0.238. The van der Waals surface area contributed by atoms with E-state index in [-0.39, 0.29) is 24.5 Å². The number of nitrogens with one attached hydrogen (secondary N) is 2. The summed E-state index contributed by atoms with van der Waals surface area (Å²) in [5.74, 6) is -0.863. The van der Waals surface area contributed by atoms with Crippen molar-refractivity contribution in [2.24, 2.45) is 0 Å². The van der Waals surface area contributed by atoms with E-state index < -0.39 is 24.1 Å². The van der Waals surface area contributed by atoms with E-state index in [0.29, 0.717) is 5.56 Å². The Bertz CT molecular complexity index is 923. The highest BCUT2D eigenvalue weighted by molar-refractivity contribution is 5.86. The van der Waals surface area contributed by atoms with Crippen LogP contribution in [-0.4, -0.2) is 34.3 Å². The number of aliphatic hydroxyl groups excluding tert-OH is 1. The zero-order valence-electron chi connectivity index (χ0n) is 16.4. The maximum atomic E-state index is 12.7. The number of aromatic hydroxyl groups is 1. The summed E-state index contributed by atoms with van der Waals surface area (Å²) in [5, 5.41) is 32.7. The van der Waals surface area contributed by atoms with Gasteiger partial charge in [0.05, 0.1) is 6.04 Å². The van der Waals surface area contributed by atoms with Crippen LogP contribution < -0.4 is 10.6 Å². The number of phenols is 1. The van der Waals surface area contributed by atoms with Crippen LogP contribution in [0.2, 0.25) is 0 Å². The summed E-state index contributed by atoms with van der Waals surface area (Å²) in [6.07, 6.45) is 0.130. The van der Waals surface area contributed by atoms with Crippen LogP contribution in [0.15, 0.2) is 66.6 Å². The first-order chi connectivity index (χ1) is 14.4. The summed E-state index contributed by atoms with van der Waals surface area (Å²) in [7, 11) is 0. The lowest BCUT2D eigenvalue weighted by molar-refractivity contribution is -0.123. The summed E-state index contributed by atoms with van der Waals surface area (Å²) >= 11 is 0. The van der Waals surface area contributed by atoms with Gasteiger partial charge in [-0.15, -0.1) is 0 Å². The number of alkyl carbamates (subject to hydrolysis) is 1. The molecule has 2 aromatic carbocycles. The average Bonchev–Trinajstić information content (AvgIpc) is 2.74. The van der Waals surface area contributed by atoms with Crippen LogP contribution in [-0.2, 0) is 22.6 Å². The molecule has 0 aliphatic rings. The van der Waals surface area contributed by atoms with Crippen LogP contribution in [0.25, 0.3) is 4.98 Å². The van der Waals surface area contributed by atoms with Crippen LogP contribution in [0.1, 0.15) is 18.1 Å². The summed E-state index contributed by atoms with van der Waals surface area (Å²) in [5.41, 5.74) is 1.48. The van der Waals surface area contributed by atoms with Gasteiger partial charge < -0.3 is 25.6 Å². The van der Waals surface area contributed by atoms with E-state index in [1.54, 1.807) is 24.3 Å². The van der Waals surface area contributed by atoms with Crippen LogP contribution in [0.3, 0.4) is 0 Å². The standard InChI is InChI=1S/C21H22N4O5/c1-14(19(27)12-23-22)24-20(28)18(11-15-7-9-17(26)10-8-15)25-21(29)30-13-16-5-3-2-4-6-16/h2-10,12,14,18H,11,13H2,1H3,(H3-,24,25,26,27,28,29)/p+1. The van der Waals surface area contributed by atoms with Crippen molar-refractivity contribution in [3.05, 3.63) is 82.7 Å². The van der Waals surface area contributed by atoms with Crippen molar-refractivity contribution >= 4 is 12.0 Å². The molecule has 2 rings (SSSR count). The summed E-state index contributed by atoms with van der Waals surface area (Å²) in [4.78, 5) is 27.6. The normalized spacial score (nSPS) is 12.9. The van der Waals surface area contributed by atoms with Crippen molar-refractivity contribution in [1.82, 2.24) is 10.6 Å². The molecular weight excluding hydrogens is 388 g/mol. The van der Waals surface area contributed by atoms with Gasteiger partial charge in [0, 0.05) is 6.42 Å². The average molecular weight is 411 g/mol. The highest BCUT2D eigenvalue weighted by Crippen LogP contribution is 2.12. The van der Waals surface area contributed by atoms with Crippen molar-refractivity contribution in [2.75, 3.05) is 0 Å². The quantitative estimate of drug-likeness (QED) is 0.389. The van der Waals surface area contributed by atoms with Gasteiger partial charge in [0.1, 0.15) is 18.4 Å². The Labute approximate surface area is 173 Å². The molecule has 2 amide bonds. The fourth-order valence-corrected chi connectivity index (χ4v) is 2.54. The maximum Gasteiger partial charge on any atom is 0.408 e. The van der Waals surface area contributed by atoms with Gasteiger partial charge in [0.25, 0.3) is 0 Å². The van der Waals surface area contributed by atoms with Gasteiger partial charge in [-0.3, -0.25) is 4.79 Å². The van der Waals surface area contributed by atoms with Crippen LogP contribution >= 0.6 is 0 Å². The predicted octanol–water partition coefficient (Wildman–Crippen LogP) is 2.99. The Kier molecular flexibility index (Phi) is 8.20. The van der Waals surface area contributed by atoms with Crippen LogP contribution in [0, 0.1) is 5.39 Å². The molecule has 2 atom stereocenters. The van der Waals surface area contributed by atoms with Crippen molar-refractivity contribution in [3.63, 3.8) is 0 Å². The largest absolute Gasteiger partial charge is 0.508 e. The maximum absolute atomic E-state index is 12.7. The van der Waals surface area contributed by atoms with Gasteiger partial charge in [-0.25, -0.2) is 4.79 Å². The summed E-state index contributed by atoms with van der Waals surface area (Å²) in [6, 6.07) is 13.4. The molecule has 0 aliphatic heterocycles. The van der Waals surface area contributed by atoms with E-state index in [1.807, 2.05) is 18.2 Å². The van der Waals surface area contributed by atoms with Crippen molar-refractivity contribution < 1.29 is 24.5 Å². The number of phenolic OH excluding ortho intramolecular Hbond substituents is 1. The molecule has 0 radical (unpaired) electrons. The SMILES string of the molecule is CC(NC(=O)C(Cc1ccc(O)cc1)NC(=O)OCc1ccccc1)C(O)=C[N+]#N. The summed E-state index contributed by atoms with van der Waals surface area (Å²) in [6.45, 7) is 1.53. The first-order valence-electron chi connectivity index (χ1n) is 9.17. The summed E-state index contributed by atoms with van der Waals surface area (Å²) < 4.78 is 5.18. The van der Waals surface area contributed by atoms with Gasteiger partial charge in [0.15, 0.2) is 4.98 Å². The van der Waals surface area contributed by atoms with Gasteiger partial charge >= 0.3 is 12.3 Å². The number of hydrogen-bond donors (Lipinski definition) is 4. The minimum atomic E-state index is -1.01. The first-order valence-corrected chi connectivity index (χ1v) is 9.17. The highest BCUT2D eigenvalue weighted by atomic mass is 16.5. The predicted molar refractivity (Wildman–Crippen MR) is 109 cm³/mol. The molecule has 0 aromatic heterocycles. The minimum Gasteiger partial charge on any atom is -0.508 e. The lowest BCUT2D eigenvalue weighted by Crippen LogP contribution is -2.50. The van der Waals surface area contributed by atoms with E-state index >= 15 is 0 Å². The number of carbonyl (C=O) groups is 2. The third-order valence-corrected chi connectivity index (χ3v) is 4.19. The third kappa shape index (κ3) is 7.16. The topological polar surface area (TPSA) is 136 Å². The lowest BCUT2D eigenvalue weighted by Gasteiger charge is -2.20. The van der Waals surface area contributed by atoms with Crippen molar-refractivity contribution in [2.45, 2.75) is 32.0 Å². The van der Waals surface area contributed by atoms with E-state index in [2.05, 4.69) is 15.6 Å². The zero-order chi connectivity index (χ0) is 21.9. The molecule has 0 heterocycles. The van der Waals surface area contributed by atoms with Gasteiger partial charge in [-0.05, 0) is 30.2 Å². The number of diazo groups is 1. The van der Waals surface area contributed by atoms with E-state index in [9.17, 15) is 19.8 Å². The Morgan fingerprint density at radius 1 is 1.10 bits per heavy atom. The molecule has 2 unspecified atom stereocenters. The number of nitrogens with zero attached hydrogens (tertiary/aromatic N) is 2. The van der Waals surface area contributed by atoms with Crippen LogP contribution in [0.5, 0.6) is 5.75 Å². The number of carbonyl (C=O) groups excluding carboxylic acids is 2. The molecular formula is C21H23N4O5+. The Morgan fingerprint density at radius 2 is 1.77 bits per heavy atom. The molecule has 0 spiro atoms. The number of hydrogen-bond acceptors (Lipinski definition) is 6. The highest BCUT2D eigenvalue weighted by Gasteiger charge is 2.25. The molecule has 156 valence electrons. The second-order valence-electron chi connectivity index (χ2n) is 6.53. The fourth-order valence-electron chi connectivity index (χ4n) is 2.54. The minimum absolute atomic E-state index is 0.0398. The smallest absolute Gasteiger partial charge is 0.408 e. The number of aliphatic hydroxyl groups is 1. The molecule has 0 fully saturated rings. The number of rotatable bonds is 8. The lowest BCUT2D eigenvalue weighted by atomic mass is 10.0. The second kappa shape index (κ2) is 11.1. The van der Waals surface area contributed by atoms with E-state index in [4.69, 9.17) is 10.1 Å². The van der Waals surface area contributed by atoms with Crippen LogP contribution in [0.4, 0.5) is 4.79 Å². The van der Waals surface area contributed by atoms with E-state index in [1.165, 1.54) is 19.1 Å².